The van der Waals surface area contributed by atoms with Crippen LogP contribution in [0.5, 0.6) is 0 Å². The van der Waals surface area contributed by atoms with Gasteiger partial charge < -0.3 is 9.15 Å². The largest absolute Gasteiger partial charge is 0.422 e. The van der Waals surface area contributed by atoms with Crippen molar-refractivity contribution in [2.45, 2.75) is 119 Å². The van der Waals surface area contributed by atoms with Gasteiger partial charge in [0.2, 0.25) is 11.8 Å². The molecule has 1 aromatic heterocycles. The molecule has 0 spiro atoms. The van der Waals surface area contributed by atoms with Gasteiger partial charge in [0.1, 0.15) is 12.7 Å². The Morgan fingerprint density at radius 1 is 1.05 bits per heavy atom. The van der Waals surface area contributed by atoms with E-state index in [1.165, 1.54) is 0 Å². The number of allylic oxidation sites excluding steroid dienone is 4. The van der Waals surface area contributed by atoms with Crippen LogP contribution >= 0.6 is 0 Å². The quantitative estimate of drug-likeness (QED) is 0.346. The third-order valence-corrected chi connectivity index (χ3v) is 12.6. The van der Waals surface area contributed by atoms with Gasteiger partial charge in [-0.05, 0) is 79.1 Å². The number of nitriles is 1. The summed E-state index contributed by atoms with van der Waals surface area (Å²) >= 11 is 0. The first-order chi connectivity index (χ1) is 19.5. The molecule has 7 heteroatoms. The van der Waals surface area contributed by atoms with Crippen molar-refractivity contribution in [3.63, 3.8) is 0 Å². The SMILES string of the molecule is COCc1nnc([C@]2(CC[C@]3(C)CC(=O)C=C4[C@@]5(C)C=C(C#N)C(=O)C(C)(C)[C@@H]5CC[C@]43C)CCC(C)(C)CC2C)o1. The van der Waals surface area contributed by atoms with Crippen LogP contribution in [0.15, 0.2) is 27.7 Å². The highest BCUT2D eigenvalue weighted by atomic mass is 16.5. The Morgan fingerprint density at radius 2 is 1.76 bits per heavy atom. The summed E-state index contributed by atoms with van der Waals surface area (Å²) < 4.78 is 11.6. The Hall–Kier alpha value is -2.59. The van der Waals surface area contributed by atoms with Gasteiger partial charge in [0, 0.05) is 24.4 Å². The molecule has 7 nitrogen and oxygen atoms in total. The van der Waals surface area contributed by atoms with E-state index in [0.717, 1.165) is 50.5 Å². The van der Waals surface area contributed by atoms with Crippen molar-refractivity contribution in [2.75, 3.05) is 7.11 Å². The lowest BCUT2D eigenvalue weighted by atomic mass is 9.40. The molecule has 1 aromatic rings. The van der Waals surface area contributed by atoms with Gasteiger partial charge in [0.15, 0.2) is 11.6 Å². The second-order valence-corrected chi connectivity index (χ2v) is 16.0. The third kappa shape index (κ3) is 4.46. The van der Waals surface area contributed by atoms with Crippen molar-refractivity contribution in [2.24, 2.45) is 38.9 Å². The van der Waals surface area contributed by atoms with Crippen molar-refractivity contribution in [1.82, 2.24) is 10.2 Å². The van der Waals surface area contributed by atoms with Gasteiger partial charge >= 0.3 is 0 Å². The molecule has 228 valence electrons. The lowest BCUT2D eigenvalue weighted by Crippen LogP contribution is -2.58. The minimum Gasteiger partial charge on any atom is -0.422 e. The average Bonchev–Trinajstić information content (AvgIpc) is 3.36. The highest BCUT2D eigenvalue weighted by molar-refractivity contribution is 6.04. The molecule has 0 saturated heterocycles. The van der Waals surface area contributed by atoms with Gasteiger partial charge in [-0.25, -0.2) is 0 Å². The molecule has 2 fully saturated rings. The van der Waals surface area contributed by atoms with Crippen molar-refractivity contribution >= 4 is 11.6 Å². The van der Waals surface area contributed by atoms with Gasteiger partial charge in [-0.3, -0.25) is 9.59 Å². The molecule has 0 aliphatic heterocycles. The average molecular weight is 576 g/mol. The molecule has 0 aromatic carbocycles. The molecular formula is C35H49N3O4. The molecule has 0 N–H and O–H groups in total. The van der Waals surface area contributed by atoms with Crippen molar-refractivity contribution in [1.29, 1.82) is 5.26 Å². The molecule has 6 atom stereocenters. The Kier molecular flexibility index (Phi) is 7.33. The molecule has 1 unspecified atom stereocenters. The smallest absolute Gasteiger partial charge is 0.242 e. The maximum absolute atomic E-state index is 13.6. The monoisotopic (exact) mass is 575 g/mol. The summed E-state index contributed by atoms with van der Waals surface area (Å²) in [5.41, 5.74) is -0.457. The summed E-state index contributed by atoms with van der Waals surface area (Å²) in [6.07, 6.45) is 10.8. The fourth-order valence-electron chi connectivity index (χ4n) is 9.86. The van der Waals surface area contributed by atoms with Crippen LogP contribution in [-0.2, 0) is 26.3 Å². The second-order valence-electron chi connectivity index (χ2n) is 16.0. The van der Waals surface area contributed by atoms with E-state index in [1.807, 2.05) is 26.0 Å². The summed E-state index contributed by atoms with van der Waals surface area (Å²) in [6.45, 7) is 18.0. The van der Waals surface area contributed by atoms with E-state index in [-0.39, 0.29) is 51.3 Å². The molecule has 0 amide bonds. The standard InChI is InChI=1S/C35H49N3O4/c1-22-17-30(2,3)12-14-35(22,29-38-37-27(42-29)21-41-9)15-13-32(6)19-24(39)16-26-33(7)18-23(20-36)28(40)31(4,5)25(33)10-11-34(26,32)8/h16,18,22,25H,10-15,17,19,21H2,1-9H3/t22?,25-,32+,33-,34+,35-/m0/s1. The summed E-state index contributed by atoms with van der Waals surface area (Å²) in [7, 11) is 1.63. The molecule has 0 bridgehead atoms. The number of hydrogen-bond donors (Lipinski definition) is 0. The Labute approximate surface area is 251 Å². The first-order valence-electron chi connectivity index (χ1n) is 15.7. The van der Waals surface area contributed by atoms with E-state index in [1.54, 1.807) is 7.11 Å². The number of nitrogens with zero attached hydrogens (tertiary/aromatic N) is 3. The number of methoxy groups -OCH3 is 1. The van der Waals surface area contributed by atoms with Crippen LogP contribution in [0.3, 0.4) is 0 Å². The van der Waals surface area contributed by atoms with Crippen LogP contribution in [0.1, 0.15) is 119 Å². The fourth-order valence-corrected chi connectivity index (χ4v) is 9.86. The van der Waals surface area contributed by atoms with Crippen molar-refractivity contribution in [3.05, 3.63) is 35.1 Å². The Bertz CT molecular complexity index is 1390. The van der Waals surface area contributed by atoms with Gasteiger partial charge in [-0.2, -0.15) is 5.26 Å². The number of ether oxygens (including phenoxy) is 1. The molecule has 5 rings (SSSR count). The van der Waals surface area contributed by atoms with Crippen LogP contribution in [0.4, 0.5) is 0 Å². The van der Waals surface area contributed by atoms with Crippen LogP contribution in [-0.4, -0.2) is 28.9 Å². The zero-order chi connectivity index (χ0) is 30.9. The van der Waals surface area contributed by atoms with Gasteiger partial charge in [0.25, 0.3) is 0 Å². The zero-order valence-corrected chi connectivity index (χ0v) is 27.1. The lowest BCUT2D eigenvalue weighted by molar-refractivity contribution is -0.133. The number of aromatic nitrogens is 2. The number of fused-ring (bicyclic) bond motifs is 3. The summed E-state index contributed by atoms with van der Waals surface area (Å²) in [4.78, 5) is 26.9. The molecule has 2 saturated carbocycles. The number of rotatable bonds is 6. The molecule has 1 heterocycles. The van der Waals surface area contributed by atoms with E-state index in [9.17, 15) is 14.9 Å². The van der Waals surface area contributed by atoms with Crippen LogP contribution in [0, 0.1) is 50.2 Å². The highest BCUT2D eigenvalue weighted by Crippen LogP contribution is 2.69. The van der Waals surface area contributed by atoms with Gasteiger partial charge in [0.05, 0.1) is 11.0 Å². The van der Waals surface area contributed by atoms with Crippen molar-refractivity contribution < 1.29 is 18.7 Å². The number of Topliss-reactive ketones (excluding diaryl/α,β-unsaturated/α-hetero) is 1. The number of ketones is 2. The highest BCUT2D eigenvalue weighted by Gasteiger charge is 2.63. The molecule has 0 radical (unpaired) electrons. The number of hydrogen-bond acceptors (Lipinski definition) is 7. The molecular weight excluding hydrogens is 526 g/mol. The summed E-state index contributed by atoms with van der Waals surface area (Å²) in [5, 5.41) is 18.8. The zero-order valence-electron chi connectivity index (χ0n) is 27.1. The maximum Gasteiger partial charge on any atom is 0.242 e. The molecule has 4 aliphatic rings. The van der Waals surface area contributed by atoms with E-state index < -0.39 is 10.8 Å². The molecule has 42 heavy (non-hydrogen) atoms. The van der Waals surface area contributed by atoms with E-state index in [4.69, 9.17) is 9.15 Å². The van der Waals surface area contributed by atoms with E-state index in [0.29, 0.717) is 24.1 Å². The first-order valence-corrected chi connectivity index (χ1v) is 15.7. The lowest BCUT2D eigenvalue weighted by Gasteiger charge is -2.63. The van der Waals surface area contributed by atoms with E-state index in [2.05, 4.69) is 57.8 Å². The fraction of sp³-hybridized carbons (Fsp3) is 0.743. The predicted molar refractivity (Wildman–Crippen MR) is 160 cm³/mol. The van der Waals surface area contributed by atoms with Crippen LogP contribution in [0.2, 0.25) is 0 Å². The van der Waals surface area contributed by atoms with Gasteiger partial charge in [-0.1, -0.05) is 67.0 Å². The topological polar surface area (TPSA) is 106 Å². The van der Waals surface area contributed by atoms with E-state index >= 15 is 0 Å². The summed E-state index contributed by atoms with van der Waals surface area (Å²) in [6, 6.07) is 2.19. The number of carbonyl (C=O) groups excluding carboxylic acids is 2. The minimum atomic E-state index is -0.667. The minimum absolute atomic E-state index is 0.0358. The van der Waals surface area contributed by atoms with Crippen LogP contribution in [0.25, 0.3) is 0 Å². The van der Waals surface area contributed by atoms with Gasteiger partial charge in [-0.15, -0.1) is 10.2 Å². The maximum atomic E-state index is 13.6. The third-order valence-electron chi connectivity index (χ3n) is 12.6. The normalized spacial score (nSPS) is 39.0. The molecule has 4 aliphatic carbocycles. The Balaban J connectivity index is 1.54. The van der Waals surface area contributed by atoms with Crippen molar-refractivity contribution in [3.8, 4) is 6.07 Å². The first kappa shape index (κ1) is 30.9. The predicted octanol–water partition coefficient (Wildman–Crippen LogP) is 7.47. The second kappa shape index (κ2) is 9.97. The van der Waals surface area contributed by atoms with Crippen LogP contribution < -0.4 is 0 Å². The Morgan fingerprint density at radius 3 is 2.40 bits per heavy atom. The number of carbonyl (C=O) groups is 2. The summed E-state index contributed by atoms with van der Waals surface area (Å²) in [5.74, 6) is 1.64.